The molecule has 33 heavy (non-hydrogen) atoms. The Hall–Kier alpha value is -0.550. The highest BCUT2D eigenvalue weighted by Gasteiger charge is 2.61. The number of hydrogen-bond acceptors (Lipinski definition) is 2. The molecule has 10 atom stereocenters. The molecule has 4 rings (SSSR count). The molecule has 0 spiro atoms. The third-order valence-corrected chi connectivity index (χ3v) is 11.2. The molecule has 4 aliphatic carbocycles. The Bertz CT molecular complexity index is 785. The minimum absolute atomic E-state index is 0.167. The monoisotopic (exact) mass is 470 g/mol. The highest BCUT2D eigenvalue weighted by atomic mass is 19.4. The molecule has 3 fully saturated rings. The van der Waals surface area contributed by atoms with Crippen LogP contribution in [0, 0.1) is 46.3 Å². The Morgan fingerprint density at radius 3 is 2.36 bits per heavy atom. The van der Waals surface area contributed by atoms with Crippen molar-refractivity contribution in [3.8, 4) is 0 Å². The molecular weight excluding hydrogens is 425 g/mol. The molecule has 2 N–H and O–H groups in total. The Kier molecular flexibility index (Phi) is 6.18. The van der Waals surface area contributed by atoms with Gasteiger partial charge in [-0.1, -0.05) is 39.3 Å². The maximum absolute atomic E-state index is 13.2. The summed E-state index contributed by atoms with van der Waals surface area (Å²) in [7, 11) is 0. The van der Waals surface area contributed by atoms with E-state index in [9.17, 15) is 23.4 Å². The van der Waals surface area contributed by atoms with E-state index < -0.39 is 17.4 Å². The van der Waals surface area contributed by atoms with Crippen LogP contribution in [0.15, 0.2) is 11.6 Å². The van der Waals surface area contributed by atoms with Gasteiger partial charge in [-0.25, -0.2) is 0 Å². The van der Waals surface area contributed by atoms with Crippen LogP contribution in [-0.2, 0) is 0 Å². The molecule has 0 radical (unpaired) electrons. The lowest BCUT2D eigenvalue weighted by Crippen LogP contribution is -2.54. The van der Waals surface area contributed by atoms with Crippen molar-refractivity contribution in [2.45, 2.75) is 117 Å². The van der Waals surface area contributed by atoms with Crippen molar-refractivity contribution in [2.24, 2.45) is 46.3 Å². The fourth-order valence-electron chi connectivity index (χ4n) is 8.99. The third-order valence-electron chi connectivity index (χ3n) is 11.2. The molecule has 2 nitrogen and oxygen atoms in total. The molecule has 3 unspecified atom stereocenters. The van der Waals surface area contributed by atoms with Gasteiger partial charge in [0.05, 0.1) is 5.60 Å². The van der Waals surface area contributed by atoms with E-state index >= 15 is 0 Å². The summed E-state index contributed by atoms with van der Waals surface area (Å²) in [6.07, 6.45) is 5.40. The van der Waals surface area contributed by atoms with E-state index in [1.807, 2.05) is 6.92 Å². The maximum Gasteiger partial charge on any atom is 0.416 e. The van der Waals surface area contributed by atoms with Gasteiger partial charge in [0, 0.05) is 0 Å². The van der Waals surface area contributed by atoms with E-state index in [-0.39, 0.29) is 23.2 Å². The molecule has 4 aliphatic rings. The molecule has 190 valence electrons. The van der Waals surface area contributed by atoms with Crippen molar-refractivity contribution < 1.29 is 23.4 Å². The van der Waals surface area contributed by atoms with Gasteiger partial charge >= 0.3 is 6.18 Å². The fourth-order valence-corrected chi connectivity index (χ4v) is 8.99. The van der Waals surface area contributed by atoms with E-state index in [0.717, 1.165) is 39.0 Å². The van der Waals surface area contributed by atoms with Gasteiger partial charge in [-0.15, -0.1) is 0 Å². The van der Waals surface area contributed by atoms with Crippen molar-refractivity contribution in [3.63, 3.8) is 0 Å². The molecule has 0 saturated heterocycles. The van der Waals surface area contributed by atoms with Crippen LogP contribution in [0.4, 0.5) is 13.2 Å². The Morgan fingerprint density at radius 1 is 1.06 bits per heavy atom. The smallest absolute Gasteiger partial charge is 0.390 e. The lowest BCUT2D eigenvalue weighted by atomic mass is 9.44. The van der Waals surface area contributed by atoms with E-state index in [1.54, 1.807) is 0 Å². The molecule has 0 aromatic carbocycles. The van der Waals surface area contributed by atoms with Crippen LogP contribution in [-0.4, -0.2) is 27.6 Å². The molecule has 0 aromatic heterocycles. The zero-order valence-corrected chi connectivity index (χ0v) is 21.4. The first-order valence-electron chi connectivity index (χ1n) is 13.2. The predicted molar refractivity (Wildman–Crippen MR) is 125 cm³/mol. The first-order valence-corrected chi connectivity index (χ1v) is 13.2. The van der Waals surface area contributed by atoms with Gasteiger partial charge in [-0.3, -0.25) is 0 Å². The van der Waals surface area contributed by atoms with Gasteiger partial charge in [0.1, 0.15) is 0 Å². The number of rotatable bonds is 4. The van der Waals surface area contributed by atoms with Crippen molar-refractivity contribution in [1.82, 2.24) is 0 Å². The van der Waals surface area contributed by atoms with Crippen LogP contribution in [0.25, 0.3) is 0 Å². The second-order valence-electron chi connectivity index (χ2n) is 13.4. The standard InChI is InChI=1S/C28H45F3O2/c1-17(9-12-27(6,33)28(29,30)31)20-7-8-21-23-18(2)15-19-16-24(3,32)13-14-25(19,4)22(23)10-11-26(20,21)5/h15,17-18,20-23,32-33H,7-14,16H2,1-6H3/t17-,18-,20-,21+,22+,23?,24+,25?,26?,27+/m1/s1. The molecular formula is C28H45F3O2. The topological polar surface area (TPSA) is 40.5 Å². The Balaban J connectivity index is 1.53. The summed E-state index contributed by atoms with van der Waals surface area (Å²) in [6, 6.07) is 0. The van der Waals surface area contributed by atoms with Crippen molar-refractivity contribution in [3.05, 3.63) is 11.6 Å². The van der Waals surface area contributed by atoms with Crippen LogP contribution < -0.4 is 0 Å². The fraction of sp³-hybridized carbons (Fsp3) is 0.929. The molecule has 0 aromatic rings. The van der Waals surface area contributed by atoms with Crippen LogP contribution in [0.1, 0.15) is 99.3 Å². The summed E-state index contributed by atoms with van der Waals surface area (Å²) in [5, 5.41) is 20.7. The largest absolute Gasteiger partial charge is 0.416 e. The van der Waals surface area contributed by atoms with Gasteiger partial charge in [0.2, 0.25) is 0 Å². The summed E-state index contributed by atoms with van der Waals surface area (Å²) in [6.45, 7) is 12.2. The summed E-state index contributed by atoms with van der Waals surface area (Å²) < 4.78 is 39.5. The van der Waals surface area contributed by atoms with Crippen LogP contribution in [0.2, 0.25) is 0 Å². The molecule has 0 aliphatic heterocycles. The Morgan fingerprint density at radius 2 is 1.73 bits per heavy atom. The van der Waals surface area contributed by atoms with Crippen molar-refractivity contribution in [1.29, 1.82) is 0 Å². The second kappa shape index (κ2) is 7.98. The van der Waals surface area contributed by atoms with Gasteiger partial charge in [-0.2, -0.15) is 13.2 Å². The normalized spacial score (nSPS) is 48.2. The van der Waals surface area contributed by atoms with Crippen LogP contribution in [0.5, 0.6) is 0 Å². The van der Waals surface area contributed by atoms with E-state index in [2.05, 4.69) is 33.8 Å². The minimum Gasteiger partial charge on any atom is -0.390 e. The molecule has 0 bridgehead atoms. The maximum atomic E-state index is 13.2. The van der Waals surface area contributed by atoms with E-state index in [4.69, 9.17) is 0 Å². The van der Waals surface area contributed by atoms with Crippen LogP contribution >= 0.6 is 0 Å². The van der Waals surface area contributed by atoms with Gasteiger partial charge in [0.25, 0.3) is 0 Å². The second-order valence-corrected chi connectivity index (χ2v) is 13.4. The van der Waals surface area contributed by atoms with E-state index in [1.165, 1.54) is 18.4 Å². The number of allylic oxidation sites excluding steroid dienone is 1. The highest BCUT2D eigenvalue weighted by molar-refractivity contribution is 5.28. The highest BCUT2D eigenvalue weighted by Crippen LogP contribution is 2.68. The van der Waals surface area contributed by atoms with Gasteiger partial charge < -0.3 is 10.2 Å². The third kappa shape index (κ3) is 4.11. The van der Waals surface area contributed by atoms with Crippen LogP contribution in [0.3, 0.4) is 0 Å². The quantitative estimate of drug-likeness (QED) is 0.424. The average Bonchev–Trinajstić information content (AvgIpc) is 3.04. The minimum atomic E-state index is -4.57. The SMILES string of the molecule is C[C@@H]1C=C2C[C@@](C)(O)CCC2(C)[C@H]2CCC3(C)[C@@H]([C@H](C)CC[C@](C)(O)C(F)(F)F)CC[C@H]3C12. The molecule has 0 amide bonds. The lowest BCUT2D eigenvalue weighted by Gasteiger charge is -2.60. The molecule has 0 heterocycles. The molecule has 5 heteroatoms. The van der Waals surface area contributed by atoms with Crippen molar-refractivity contribution in [2.75, 3.05) is 0 Å². The summed E-state index contributed by atoms with van der Waals surface area (Å²) in [5.74, 6) is 2.95. The van der Waals surface area contributed by atoms with E-state index in [0.29, 0.717) is 36.0 Å². The zero-order valence-electron chi connectivity index (χ0n) is 21.4. The number of alkyl halides is 3. The first kappa shape index (κ1) is 25.5. The summed E-state index contributed by atoms with van der Waals surface area (Å²) in [5.41, 5.74) is -1.38. The zero-order chi connectivity index (χ0) is 24.6. The summed E-state index contributed by atoms with van der Waals surface area (Å²) in [4.78, 5) is 0. The molecule has 3 saturated carbocycles. The number of fused-ring (bicyclic) bond motifs is 5. The summed E-state index contributed by atoms with van der Waals surface area (Å²) >= 11 is 0. The van der Waals surface area contributed by atoms with Gasteiger partial charge in [-0.05, 0) is 118 Å². The van der Waals surface area contributed by atoms with Crippen molar-refractivity contribution >= 4 is 0 Å². The Labute approximate surface area is 198 Å². The predicted octanol–water partition coefficient (Wildman–Crippen LogP) is 7.29. The average molecular weight is 471 g/mol. The first-order chi connectivity index (χ1) is 15.0. The number of hydrogen-bond donors (Lipinski definition) is 2. The van der Waals surface area contributed by atoms with Gasteiger partial charge in [0.15, 0.2) is 5.60 Å². The lowest BCUT2D eigenvalue weighted by molar-refractivity contribution is -0.256. The number of aliphatic hydroxyl groups is 2. The number of halogens is 3.